The molecule has 0 N–H and O–H groups in total. The minimum absolute atomic E-state index is 0.705. The summed E-state index contributed by atoms with van der Waals surface area (Å²) >= 11 is 3.55. The van der Waals surface area contributed by atoms with E-state index >= 15 is 0 Å². The molecule has 0 amide bonds. The fourth-order valence-electron chi connectivity index (χ4n) is 2.16. The molecule has 2 nitrogen and oxygen atoms in total. The number of nitriles is 1. The molecule has 0 aromatic heterocycles. The molecular formula is C13H15BrN2. The van der Waals surface area contributed by atoms with Crippen molar-refractivity contribution in [2.75, 3.05) is 18.0 Å². The summed E-state index contributed by atoms with van der Waals surface area (Å²) in [5, 5.41) is 8.82. The lowest BCUT2D eigenvalue weighted by atomic mass is 10.0. The maximum absolute atomic E-state index is 8.82. The Morgan fingerprint density at radius 3 is 2.44 bits per heavy atom. The van der Waals surface area contributed by atoms with Crippen LogP contribution in [0.4, 0.5) is 5.69 Å². The van der Waals surface area contributed by atoms with Crippen LogP contribution < -0.4 is 4.90 Å². The SMILES string of the molecule is CC1CN(c2ccc(C#N)cc2Br)CC1C. The lowest BCUT2D eigenvalue weighted by Gasteiger charge is -2.20. The van der Waals surface area contributed by atoms with Crippen LogP contribution in [0.25, 0.3) is 0 Å². The van der Waals surface area contributed by atoms with Gasteiger partial charge in [0.05, 0.1) is 17.3 Å². The minimum Gasteiger partial charge on any atom is -0.370 e. The lowest BCUT2D eigenvalue weighted by Crippen LogP contribution is -2.19. The second-order valence-electron chi connectivity index (χ2n) is 4.64. The molecule has 1 fully saturated rings. The lowest BCUT2D eigenvalue weighted by molar-refractivity contribution is 0.494. The molecule has 0 aliphatic carbocycles. The third-order valence-electron chi connectivity index (χ3n) is 3.41. The summed E-state index contributed by atoms with van der Waals surface area (Å²) < 4.78 is 1.02. The van der Waals surface area contributed by atoms with Crippen molar-refractivity contribution in [2.24, 2.45) is 11.8 Å². The van der Waals surface area contributed by atoms with Crippen molar-refractivity contribution >= 4 is 21.6 Å². The zero-order valence-electron chi connectivity index (χ0n) is 9.57. The second kappa shape index (κ2) is 4.47. The first-order valence-corrected chi connectivity index (χ1v) is 6.35. The second-order valence-corrected chi connectivity index (χ2v) is 5.49. The number of benzene rings is 1. The van der Waals surface area contributed by atoms with E-state index in [1.54, 1.807) is 0 Å². The topological polar surface area (TPSA) is 27.0 Å². The summed E-state index contributed by atoms with van der Waals surface area (Å²) in [4.78, 5) is 2.39. The third kappa shape index (κ3) is 2.08. The van der Waals surface area contributed by atoms with Crippen LogP contribution in [0.2, 0.25) is 0 Å². The van der Waals surface area contributed by atoms with Gasteiger partial charge in [0.2, 0.25) is 0 Å². The summed E-state index contributed by atoms with van der Waals surface area (Å²) in [7, 11) is 0. The molecule has 84 valence electrons. The molecule has 1 heterocycles. The van der Waals surface area contributed by atoms with Crippen LogP contribution in [0, 0.1) is 23.2 Å². The molecule has 16 heavy (non-hydrogen) atoms. The van der Waals surface area contributed by atoms with E-state index in [4.69, 9.17) is 5.26 Å². The smallest absolute Gasteiger partial charge is 0.0992 e. The summed E-state index contributed by atoms with van der Waals surface area (Å²) in [6.07, 6.45) is 0. The highest BCUT2D eigenvalue weighted by molar-refractivity contribution is 9.10. The Hall–Kier alpha value is -1.01. The maximum Gasteiger partial charge on any atom is 0.0992 e. The molecular weight excluding hydrogens is 264 g/mol. The van der Waals surface area contributed by atoms with Crippen LogP contribution in [-0.2, 0) is 0 Å². The maximum atomic E-state index is 8.82. The third-order valence-corrected chi connectivity index (χ3v) is 4.04. The number of rotatable bonds is 1. The summed E-state index contributed by atoms with van der Waals surface area (Å²) in [6.45, 7) is 6.79. The molecule has 0 spiro atoms. The highest BCUT2D eigenvalue weighted by Crippen LogP contribution is 2.33. The fourth-order valence-corrected chi connectivity index (χ4v) is 2.79. The van der Waals surface area contributed by atoms with Crippen molar-refractivity contribution in [3.63, 3.8) is 0 Å². The Morgan fingerprint density at radius 1 is 1.31 bits per heavy atom. The summed E-state index contributed by atoms with van der Waals surface area (Å²) in [5.41, 5.74) is 1.91. The van der Waals surface area contributed by atoms with Crippen LogP contribution in [0.1, 0.15) is 19.4 Å². The fraction of sp³-hybridized carbons (Fsp3) is 0.462. The van der Waals surface area contributed by atoms with Crippen molar-refractivity contribution in [1.29, 1.82) is 5.26 Å². The molecule has 1 aromatic carbocycles. The van der Waals surface area contributed by atoms with Gasteiger partial charge in [-0.15, -0.1) is 0 Å². The standard InChI is InChI=1S/C13H15BrN2/c1-9-7-16(8-10(9)2)13-4-3-11(6-15)5-12(13)14/h3-5,9-10H,7-8H2,1-2H3. The van der Waals surface area contributed by atoms with E-state index < -0.39 is 0 Å². The molecule has 3 heteroatoms. The first kappa shape index (κ1) is 11.5. The average Bonchev–Trinajstić information content (AvgIpc) is 2.58. The molecule has 2 atom stereocenters. The predicted octanol–water partition coefficient (Wildman–Crippen LogP) is 3.41. The van der Waals surface area contributed by atoms with E-state index in [0.717, 1.165) is 29.4 Å². The molecule has 1 aliphatic heterocycles. The number of nitrogens with zero attached hydrogens (tertiary/aromatic N) is 2. The molecule has 0 bridgehead atoms. The molecule has 1 saturated heterocycles. The predicted molar refractivity (Wildman–Crippen MR) is 69.4 cm³/mol. The van der Waals surface area contributed by atoms with Gasteiger partial charge in [0.25, 0.3) is 0 Å². The van der Waals surface area contributed by atoms with Crippen LogP contribution in [0.3, 0.4) is 0 Å². The van der Waals surface area contributed by atoms with Crippen molar-refractivity contribution in [3.8, 4) is 6.07 Å². The van der Waals surface area contributed by atoms with Gasteiger partial charge < -0.3 is 4.90 Å². The number of anilines is 1. The van der Waals surface area contributed by atoms with Crippen molar-refractivity contribution in [3.05, 3.63) is 28.2 Å². The Morgan fingerprint density at radius 2 is 1.94 bits per heavy atom. The van der Waals surface area contributed by atoms with E-state index in [1.807, 2.05) is 18.2 Å². The van der Waals surface area contributed by atoms with Gasteiger partial charge in [-0.2, -0.15) is 5.26 Å². The first-order chi connectivity index (χ1) is 7.61. The van der Waals surface area contributed by atoms with Gasteiger partial charge >= 0.3 is 0 Å². The Bertz CT molecular complexity index is 426. The normalized spacial score (nSPS) is 24.5. The van der Waals surface area contributed by atoms with E-state index in [-0.39, 0.29) is 0 Å². The van der Waals surface area contributed by atoms with Crippen LogP contribution in [0.15, 0.2) is 22.7 Å². The van der Waals surface area contributed by atoms with E-state index in [1.165, 1.54) is 5.69 Å². The number of hydrogen-bond donors (Lipinski definition) is 0. The van der Waals surface area contributed by atoms with E-state index in [2.05, 4.69) is 40.7 Å². The summed E-state index contributed by atoms with van der Waals surface area (Å²) in [5.74, 6) is 1.48. The molecule has 2 rings (SSSR count). The summed E-state index contributed by atoms with van der Waals surface area (Å²) in [6, 6.07) is 7.96. The van der Waals surface area contributed by atoms with E-state index in [0.29, 0.717) is 5.56 Å². The molecule has 1 aliphatic rings. The van der Waals surface area contributed by atoms with Gasteiger partial charge in [0.1, 0.15) is 0 Å². The van der Waals surface area contributed by atoms with Crippen molar-refractivity contribution in [1.82, 2.24) is 0 Å². The van der Waals surface area contributed by atoms with E-state index in [9.17, 15) is 0 Å². The first-order valence-electron chi connectivity index (χ1n) is 5.56. The van der Waals surface area contributed by atoms with Crippen LogP contribution in [0.5, 0.6) is 0 Å². The van der Waals surface area contributed by atoms with Crippen molar-refractivity contribution < 1.29 is 0 Å². The monoisotopic (exact) mass is 278 g/mol. The Labute approximate surface area is 105 Å². The highest BCUT2D eigenvalue weighted by atomic mass is 79.9. The Balaban J connectivity index is 2.26. The molecule has 0 radical (unpaired) electrons. The Kier molecular flexibility index (Phi) is 3.20. The zero-order chi connectivity index (χ0) is 11.7. The number of hydrogen-bond acceptors (Lipinski definition) is 2. The quantitative estimate of drug-likeness (QED) is 0.787. The van der Waals surface area contributed by atoms with Gasteiger partial charge in [0, 0.05) is 17.6 Å². The minimum atomic E-state index is 0.705. The highest BCUT2D eigenvalue weighted by Gasteiger charge is 2.27. The van der Waals surface area contributed by atoms with Crippen LogP contribution >= 0.6 is 15.9 Å². The molecule has 1 aromatic rings. The van der Waals surface area contributed by atoms with Gasteiger partial charge in [0.15, 0.2) is 0 Å². The molecule has 0 saturated carbocycles. The number of halogens is 1. The zero-order valence-corrected chi connectivity index (χ0v) is 11.2. The van der Waals surface area contributed by atoms with Gasteiger partial charge in [-0.1, -0.05) is 13.8 Å². The van der Waals surface area contributed by atoms with Crippen molar-refractivity contribution in [2.45, 2.75) is 13.8 Å². The largest absolute Gasteiger partial charge is 0.370 e. The van der Waals surface area contributed by atoms with Gasteiger partial charge in [-0.25, -0.2) is 0 Å². The van der Waals surface area contributed by atoms with Gasteiger partial charge in [-0.05, 0) is 46.0 Å². The molecule has 2 unspecified atom stereocenters. The average molecular weight is 279 g/mol. The van der Waals surface area contributed by atoms with Crippen LogP contribution in [-0.4, -0.2) is 13.1 Å². The van der Waals surface area contributed by atoms with Gasteiger partial charge in [-0.3, -0.25) is 0 Å².